The minimum atomic E-state index is 0.710. The minimum Gasteiger partial charge on any atom is -0.0894 e. The highest BCUT2D eigenvalue weighted by Gasteiger charge is 2.01. The molecule has 0 aliphatic rings. The van der Waals surface area contributed by atoms with Crippen LogP contribution in [0.2, 0.25) is 0 Å². The zero-order chi connectivity index (χ0) is 12.2. The SMILES string of the molecule is CCCCC(C)CCCCCCCC(C)Br. The summed E-state index contributed by atoms with van der Waals surface area (Å²) in [6.45, 7) is 6.95. The summed E-state index contributed by atoms with van der Waals surface area (Å²) in [5, 5.41) is 0. The van der Waals surface area contributed by atoms with E-state index in [9.17, 15) is 0 Å². The van der Waals surface area contributed by atoms with E-state index in [1.54, 1.807) is 0 Å². The molecule has 0 radical (unpaired) electrons. The summed E-state index contributed by atoms with van der Waals surface area (Å²) >= 11 is 3.60. The predicted molar refractivity (Wildman–Crippen MR) is 79.4 cm³/mol. The van der Waals surface area contributed by atoms with Crippen LogP contribution >= 0.6 is 15.9 Å². The molecule has 0 saturated carbocycles. The maximum atomic E-state index is 3.60. The van der Waals surface area contributed by atoms with Gasteiger partial charge in [0.05, 0.1) is 0 Å². The summed E-state index contributed by atoms with van der Waals surface area (Å²) in [5.74, 6) is 0.961. The second-order valence-electron chi connectivity index (χ2n) is 5.37. The van der Waals surface area contributed by atoms with Gasteiger partial charge in [-0.05, 0) is 12.3 Å². The van der Waals surface area contributed by atoms with Crippen molar-refractivity contribution in [2.45, 2.75) is 89.8 Å². The Kier molecular flexibility index (Phi) is 12.3. The molecule has 0 saturated heterocycles. The van der Waals surface area contributed by atoms with Crippen molar-refractivity contribution in [2.24, 2.45) is 5.92 Å². The van der Waals surface area contributed by atoms with Gasteiger partial charge in [0.25, 0.3) is 0 Å². The van der Waals surface area contributed by atoms with Crippen molar-refractivity contribution < 1.29 is 0 Å². The fourth-order valence-electron chi connectivity index (χ4n) is 2.15. The quantitative estimate of drug-likeness (QED) is 0.308. The molecular weight excluding hydrogens is 260 g/mol. The highest BCUT2D eigenvalue weighted by atomic mass is 79.9. The molecular formula is C15H31Br. The summed E-state index contributed by atoms with van der Waals surface area (Å²) in [6, 6.07) is 0. The molecule has 0 N–H and O–H groups in total. The topological polar surface area (TPSA) is 0 Å². The number of halogens is 1. The third kappa shape index (κ3) is 12.5. The first kappa shape index (κ1) is 16.5. The molecule has 0 fully saturated rings. The maximum Gasteiger partial charge on any atom is 0.0117 e. The predicted octanol–water partition coefficient (Wildman–Crippen LogP) is 6.33. The normalized spacial score (nSPS) is 15.0. The van der Waals surface area contributed by atoms with E-state index in [0.29, 0.717) is 4.83 Å². The van der Waals surface area contributed by atoms with Crippen molar-refractivity contribution >= 4 is 15.9 Å². The average Bonchev–Trinajstić information content (AvgIpc) is 2.24. The van der Waals surface area contributed by atoms with E-state index in [1.165, 1.54) is 64.2 Å². The first-order valence-corrected chi connectivity index (χ1v) is 8.22. The lowest BCUT2D eigenvalue weighted by Gasteiger charge is -2.10. The Labute approximate surface area is 112 Å². The Balaban J connectivity index is 3.08. The van der Waals surface area contributed by atoms with Crippen LogP contribution in [0.25, 0.3) is 0 Å². The first-order chi connectivity index (χ1) is 7.66. The van der Waals surface area contributed by atoms with Gasteiger partial charge in [0.15, 0.2) is 0 Å². The molecule has 2 unspecified atom stereocenters. The molecule has 0 aromatic heterocycles. The fourth-order valence-corrected chi connectivity index (χ4v) is 2.47. The molecule has 1 heteroatoms. The van der Waals surface area contributed by atoms with E-state index in [4.69, 9.17) is 0 Å². The number of rotatable bonds is 11. The Bertz CT molecular complexity index is 131. The van der Waals surface area contributed by atoms with Crippen molar-refractivity contribution in [3.8, 4) is 0 Å². The van der Waals surface area contributed by atoms with Crippen molar-refractivity contribution in [3.63, 3.8) is 0 Å². The summed E-state index contributed by atoms with van der Waals surface area (Å²) in [6.07, 6.45) is 14.2. The molecule has 0 bridgehead atoms. The zero-order valence-electron chi connectivity index (χ0n) is 11.6. The highest BCUT2D eigenvalue weighted by molar-refractivity contribution is 9.09. The van der Waals surface area contributed by atoms with Crippen molar-refractivity contribution in [1.29, 1.82) is 0 Å². The second kappa shape index (κ2) is 12.0. The average molecular weight is 291 g/mol. The molecule has 0 aromatic rings. The number of alkyl halides is 1. The van der Waals surface area contributed by atoms with Crippen LogP contribution in [-0.4, -0.2) is 4.83 Å². The number of hydrogen-bond acceptors (Lipinski definition) is 0. The lowest BCUT2D eigenvalue weighted by molar-refractivity contribution is 0.441. The smallest absolute Gasteiger partial charge is 0.0117 e. The molecule has 0 spiro atoms. The summed E-state index contributed by atoms with van der Waals surface area (Å²) in [4.78, 5) is 0.710. The fraction of sp³-hybridized carbons (Fsp3) is 1.00. The molecule has 0 aliphatic heterocycles. The highest BCUT2D eigenvalue weighted by Crippen LogP contribution is 2.17. The molecule has 98 valence electrons. The lowest BCUT2D eigenvalue weighted by Crippen LogP contribution is -1.94. The van der Waals surface area contributed by atoms with Crippen LogP contribution in [0.1, 0.15) is 85.0 Å². The first-order valence-electron chi connectivity index (χ1n) is 7.30. The third-order valence-corrected chi connectivity index (χ3v) is 3.81. The molecule has 0 aliphatic carbocycles. The van der Waals surface area contributed by atoms with E-state index < -0.39 is 0 Å². The van der Waals surface area contributed by atoms with Gasteiger partial charge in [-0.3, -0.25) is 0 Å². The summed E-state index contributed by atoms with van der Waals surface area (Å²) < 4.78 is 0. The minimum absolute atomic E-state index is 0.710. The number of unbranched alkanes of at least 4 members (excludes halogenated alkanes) is 5. The van der Waals surface area contributed by atoms with Crippen LogP contribution in [0.5, 0.6) is 0 Å². The summed E-state index contributed by atoms with van der Waals surface area (Å²) in [7, 11) is 0. The Hall–Kier alpha value is 0.480. The molecule has 2 atom stereocenters. The van der Waals surface area contributed by atoms with Crippen LogP contribution in [0.15, 0.2) is 0 Å². The lowest BCUT2D eigenvalue weighted by atomic mass is 9.97. The van der Waals surface area contributed by atoms with Gasteiger partial charge in [-0.1, -0.05) is 94.5 Å². The van der Waals surface area contributed by atoms with Crippen LogP contribution in [0, 0.1) is 5.92 Å². The van der Waals surface area contributed by atoms with Crippen LogP contribution in [0.4, 0.5) is 0 Å². The molecule has 0 amide bonds. The summed E-state index contributed by atoms with van der Waals surface area (Å²) in [5.41, 5.74) is 0. The van der Waals surface area contributed by atoms with Gasteiger partial charge >= 0.3 is 0 Å². The van der Waals surface area contributed by atoms with Gasteiger partial charge in [0, 0.05) is 4.83 Å². The van der Waals surface area contributed by atoms with Gasteiger partial charge in [-0.2, -0.15) is 0 Å². The van der Waals surface area contributed by atoms with Crippen LogP contribution < -0.4 is 0 Å². The van der Waals surface area contributed by atoms with Crippen molar-refractivity contribution in [3.05, 3.63) is 0 Å². The van der Waals surface area contributed by atoms with Crippen LogP contribution in [-0.2, 0) is 0 Å². The zero-order valence-corrected chi connectivity index (χ0v) is 13.2. The van der Waals surface area contributed by atoms with Crippen LogP contribution in [0.3, 0.4) is 0 Å². The molecule has 0 rings (SSSR count). The maximum absolute atomic E-state index is 3.60. The van der Waals surface area contributed by atoms with E-state index in [1.807, 2.05) is 0 Å². The van der Waals surface area contributed by atoms with E-state index >= 15 is 0 Å². The molecule has 0 aromatic carbocycles. The van der Waals surface area contributed by atoms with Crippen molar-refractivity contribution in [2.75, 3.05) is 0 Å². The second-order valence-corrected chi connectivity index (χ2v) is 6.94. The van der Waals surface area contributed by atoms with Gasteiger partial charge in [0.1, 0.15) is 0 Å². The standard InChI is InChI=1S/C15H31Br/c1-4-5-11-14(2)12-9-7-6-8-10-13-15(3)16/h14-15H,4-13H2,1-3H3. The van der Waals surface area contributed by atoms with Gasteiger partial charge in [0.2, 0.25) is 0 Å². The van der Waals surface area contributed by atoms with E-state index in [-0.39, 0.29) is 0 Å². The monoisotopic (exact) mass is 290 g/mol. The van der Waals surface area contributed by atoms with Gasteiger partial charge < -0.3 is 0 Å². The number of hydrogen-bond donors (Lipinski definition) is 0. The van der Waals surface area contributed by atoms with E-state index in [2.05, 4.69) is 36.7 Å². The van der Waals surface area contributed by atoms with E-state index in [0.717, 1.165) is 5.92 Å². The Morgan fingerprint density at radius 3 is 1.81 bits per heavy atom. The molecule has 0 heterocycles. The largest absolute Gasteiger partial charge is 0.0894 e. The Morgan fingerprint density at radius 2 is 1.25 bits per heavy atom. The molecule has 16 heavy (non-hydrogen) atoms. The Morgan fingerprint density at radius 1 is 0.750 bits per heavy atom. The van der Waals surface area contributed by atoms with Crippen molar-refractivity contribution in [1.82, 2.24) is 0 Å². The third-order valence-electron chi connectivity index (χ3n) is 3.35. The molecule has 0 nitrogen and oxygen atoms in total. The van der Waals surface area contributed by atoms with Gasteiger partial charge in [-0.15, -0.1) is 0 Å². The van der Waals surface area contributed by atoms with Gasteiger partial charge in [-0.25, -0.2) is 0 Å².